The fraction of sp³-hybridized carbons (Fsp3) is 0.143. The maximum absolute atomic E-state index is 13.6. The highest BCUT2D eigenvalue weighted by atomic mass is 79.9. The number of nitro benzene ring substituents is 1. The van der Waals surface area contributed by atoms with E-state index in [0.717, 1.165) is 4.47 Å². The highest BCUT2D eigenvalue weighted by Crippen LogP contribution is 2.27. The predicted molar refractivity (Wildman–Crippen MR) is 81.1 cm³/mol. The smallest absolute Gasteiger partial charge is 0.270 e. The molecular formula is C14H10BrClFNO3. The summed E-state index contributed by atoms with van der Waals surface area (Å²) >= 11 is 9.02. The third-order valence-electron chi connectivity index (χ3n) is 2.79. The number of rotatable bonds is 5. The van der Waals surface area contributed by atoms with E-state index in [2.05, 4.69) is 15.9 Å². The van der Waals surface area contributed by atoms with E-state index in [0.29, 0.717) is 16.9 Å². The molecule has 7 heteroatoms. The molecule has 2 aromatic rings. The Hall–Kier alpha value is -1.66. The maximum atomic E-state index is 13.6. The molecule has 110 valence electrons. The van der Waals surface area contributed by atoms with Crippen LogP contribution >= 0.6 is 27.5 Å². The van der Waals surface area contributed by atoms with Crippen molar-refractivity contribution in [2.24, 2.45) is 0 Å². The number of benzene rings is 2. The Morgan fingerprint density at radius 1 is 1.24 bits per heavy atom. The molecule has 2 rings (SSSR count). The average molecular weight is 375 g/mol. The third-order valence-corrected chi connectivity index (χ3v) is 3.57. The summed E-state index contributed by atoms with van der Waals surface area (Å²) < 4.78 is 19.9. The summed E-state index contributed by atoms with van der Waals surface area (Å²) in [6.07, 6.45) is 0. The standard InChI is InChI=1S/C14H10BrClFNO3/c15-11-1-3-13(17)10(5-11)8-21-14-4-2-12(18(19)20)6-9(14)7-16/h1-6H,7-8H2. The summed E-state index contributed by atoms with van der Waals surface area (Å²) in [6.45, 7) is 0.00692. The number of nitro groups is 1. The molecule has 0 aliphatic carbocycles. The summed E-state index contributed by atoms with van der Waals surface area (Å²) in [5.41, 5.74) is 0.802. The molecule has 0 bridgehead atoms. The fourth-order valence-electron chi connectivity index (χ4n) is 1.73. The number of ether oxygens (including phenoxy) is 1. The Bertz CT molecular complexity index is 681. The Balaban J connectivity index is 2.19. The molecule has 0 aliphatic heterocycles. The molecule has 0 heterocycles. The first-order valence-corrected chi connectivity index (χ1v) is 7.24. The van der Waals surface area contributed by atoms with Crippen LogP contribution in [-0.4, -0.2) is 4.92 Å². The van der Waals surface area contributed by atoms with Gasteiger partial charge >= 0.3 is 0 Å². The number of nitrogens with zero attached hydrogens (tertiary/aromatic N) is 1. The minimum Gasteiger partial charge on any atom is -0.488 e. The van der Waals surface area contributed by atoms with E-state index in [1.807, 2.05) is 0 Å². The van der Waals surface area contributed by atoms with Gasteiger partial charge in [0.1, 0.15) is 18.2 Å². The van der Waals surface area contributed by atoms with E-state index in [9.17, 15) is 14.5 Å². The molecular weight excluding hydrogens is 365 g/mol. The Morgan fingerprint density at radius 3 is 2.67 bits per heavy atom. The van der Waals surface area contributed by atoms with Crippen LogP contribution in [0.25, 0.3) is 0 Å². The van der Waals surface area contributed by atoms with E-state index in [1.165, 1.54) is 24.3 Å². The van der Waals surface area contributed by atoms with Gasteiger partial charge in [0.15, 0.2) is 0 Å². The molecule has 21 heavy (non-hydrogen) atoms. The van der Waals surface area contributed by atoms with Gasteiger partial charge in [0.05, 0.1) is 10.8 Å². The summed E-state index contributed by atoms with van der Waals surface area (Å²) in [5, 5.41) is 10.7. The first-order valence-electron chi connectivity index (χ1n) is 5.91. The lowest BCUT2D eigenvalue weighted by Crippen LogP contribution is -2.01. The summed E-state index contributed by atoms with van der Waals surface area (Å²) in [7, 11) is 0. The SMILES string of the molecule is O=[N+]([O-])c1ccc(OCc2cc(Br)ccc2F)c(CCl)c1. The molecule has 0 fully saturated rings. The van der Waals surface area contributed by atoms with Crippen LogP contribution in [0.15, 0.2) is 40.9 Å². The summed E-state index contributed by atoms with van der Waals surface area (Å²) in [6, 6.07) is 8.67. The van der Waals surface area contributed by atoms with Gasteiger partial charge in [-0.1, -0.05) is 15.9 Å². The maximum Gasteiger partial charge on any atom is 0.270 e. The van der Waals surface area contributed by atoms with Crippen LogP contribution in [0.2, 0.25) is 0 Å². The number of alkyl halides is 1. The van der Waals surface area contributed by atoms with Crippen LogP contribution in [-0.2, 0) is 12.5 Å². The number of halogens is 3. The molecule has 0 unspecified atom stereocenters. The third kappa shape index (κ3) is 3.92. The highest BCUT2D eigenvalue weighted by molar-refractivity contribution is 9.10. The monoisotopic (exact) mass is 373 g/mol. The number of hydrogen-bond donors (Lipinski definition) is 0. The van der Waals surface area contributed by atoms with E-state index < -0.39 is 4.92 Å². The zero-order valence-electron chi connectivity index (χ0n) is 10.7. The lowest BCUT2D eigenvalue weighted by atomic mass is 10.2. The Morgan fingerprint density at radius 2 is 2.00 bits per heavy atom. The second-order valence-corrected chi connectivity index (χ2v) is 5.39. The van der Waals surface area contributed by atoms with Gasteiger partial charge < -0.3 is 4.74 Å². The minimum absolute atomic E-state index is 0.00692. The number of hydrogen-bond acceptors (Lipinski definition) is 3. The molecule has 0 amide bonds. The van der Waals surface area contributed by atoms with Gasteiger partial charge in [-0.25, -0.2) is 4.39 Å². The van der Waals surface area contributed by atoms with Gasteiger partial charge in [0, 0.05) is 27.7 Å². The molecule has 0 saturated carbocycles. The van der Waals surface area contributed by atoms with Crippen LogP contribution in [0.3, 0.4) is 0 Å². The molecule has 0 atom stereocenters. The molecule has 0 saturated heterocycles. The van der Waals surface area contributed by atoms with Crippen LogP contribution in [0, 0.1) is 15.9 Å². The topological polar surface area (TPSA) is 52.4 Å². The second-order valence-electron chi connectivity index (χ2n) is 4.21. The van der Waals surface area contributed by atoms with Gasteiger partial charge in [0.25, 0.3) is 5.69 Å². The summed E-state index contributed by atoms with van der Waals surface area (Å²) in [5.74, 6) is 0.0837. The first kappa shape index (κ1) is 15.7. The van der Waals surface area contributed by atoms with Gasteiger partial charge in [-0.05, 0) is 24.3 Å². The van der Waals surface area contributed by atoms with Gasteiger partial charge in [-0.2, -0.15) is 0 Å². The van der Waals surface area contributed by atoms with Crippen molar-refractivity contribution in [3.63, 3.8) is 0 Å². The Labute approximate surface area is 133 Å². The number of non-ortho nitro benzene ring substituents is 1. The van der Waals surface area contributed by atoms with Gasteiger partial charge in [0.2, 0.25) is 0 Å². The van der Waals surface area contributed by atoms with Crippen LogP contribution < -0.4 is 4.74 Å². The van der Waals surface area contributed by atoms with Crippen molar-refractivity contribution in [2.75, 3.05) is 0 Å². The highest BCUT2D eigenvalue weighted by Gasteiger charge is 2.12. The molecule has 0 radical (unpaired) electrons. The molecule has 0 N–H and O–H groups in total. The zero-order chi connectivity index (χ0) is 15.4. The van der Waals surface area contributed by atoms with E-state index in [4.69, 9.17) is 16.3 Å². The van der Waals surface area contributed by atoms with Gasteiger partial charge in [-0.15, -0.1) is 11.6 Å². The first-order chi connectivity index (χ1) is 10.0. The Kier molecular flexibility index (Phi) is 5.14. The molecule has 0 aromatic heterocycles. The van der Waals surface area contributed by atoms with Crippen LogP contribution in [0.1, 0.15) is 11.1 Å². The average Bonchev–Trinajstić information content (AvgIpc) is 2.47. The lowest BCUT2D eigenvalue weighted by molar-refractivity contribution is -0.384. The predicted octanol–water partition coefficient (Wildman–Crippen LogP) is 4.81. The summed E-state index contributed by atoms with van der Waals surface area (Å²) in [4.78, 5) is 10.2. The van der Waals surface area contributed by atoms with Crippen molar-refractivity contribution in [1.82, 2.24) is 0 Å². The van der Waals surface area contributed by atoms with E-state index in [1.54, 1.807) is 12.1 Å². The fourth-order valence-corrected chi connectivity index (χ4v) is 2.35. The molecule has 0 aliphatic rings. The second kappa shape index (κ2) is 6.87. The largest absolute Gasteiger partial charge is 0.488 e. The normalized spacial score (nSPS) is 10.4. The van der Waals surface area contributed by atoms with Gasteiger partial charge in [-0.3, -0.25) is 10.1 Å². The van der Waals surface area contributed by atoms with Crippen molar-refractivity contribution in [3.8, 4) is 5.75 Å². The molecule has 0 spiro atoms. The van der Waals surface area contributed by atoms with Crippen molar-refractivity contribution in [2.45, 2.75) is 12.5 Å². The quantitative estimate of drug-likeness (QED) is 0.428. The zero-order valence-corrected chi connectivity index (χ0v) is 13.0. The minimum atomic E-state index is -0.506. The van der Waals surface area contributed by atoms with Crippen molar-refractivity contribution in [1.29, 1.82) is 0 Å². The van der Waals surface area contributed by atoms with Crippen LogP contribution in [0.5, 0.6) is 5.75 Å². The van der Waals surface area contributed by atoms with Crippen molar-refractivity contribution >= 4 is 33.2 Å². The lowest BCUT2D eigenvalue weighted by Gasteiger charge is -2.10. The van der Waals surface area contributed by atoms with E-state index in [-0.39, 0.29) is 24.0 Å². The molecule has 2 aromatic carbocycles. The van der Waals surface area contributed by atoms with E-state index >= 15 is 0 Å². The van der Waals surface area contributed by atoms with Crippen LogP contribution in [0.4, 0.5) is 10.1 Å². The van der Waals surface area contributed by atoms with Crippen molar-refractivity contribution in [3.05, 3.63) is 67.9 Å². The molecule has 4 nitrogen and oxygen atoms in total. The van der Waals surface area contributed by atoms with Crippen molar-refractivity contribution < 1.29 is 14.1 Å².